The summed E-state index contributed by atoms with van der Waals surface area (Å²) in [4.78, 5) is 7.89. The van der Waals surface area contributed by atoms with Gasteiger partial charge in [0.25, 0.3) is 0 Å². The second-order valence-electron chi connectivity index (χ2n) is 5.31. The van der Waals surface area contributed by atoms with Crippen LogP contribution in [0.1, 0.15) is 11.4 Å². The van der Waals surface area contributed by atoms with Crippen LogP contribution in [0.4, 0.5) is 0 Å². The Morgan fingerprint density at radius 1 is 0.917 bits per heavy atom. The zero-order valence-electron chi connectivity index (χ0n) is 14.0. The van der Waals surface area contributed by atoms with Crippen LogP contribution in [0.25, 0.3) is 11.3 Å². The highest BCUT2D eigenvalue weighted by Gasteiger charge is 2.14. The number of nitrogens with zero attached hydrogens (tertiary/aromatic N) is 1. The first-order valence-electron chi connectivity index (χ1n) is 7.63. The highest BCUT2D eigenvalue weighted by molar-refractivity contribution is 5.58. The molecule has 124 valence electrons. The van der Waals surface area contributed by atoms with Gasteiger partial charge in [-0.15, -0.1) is 0 Å². The second-order valence-corrected chi connectivity index (χ2v) is 5.31. The highest BCUT2D eigenvalue weighted by Crippen LogP contribution is 2.38. The number of aromatic nitrogens is 2. The van der Waals surface area contributed by atoms with Gasteiger partial charge >= 0.3 is 0 Å². The molecule has 0 spiro atoms. The third-order valence-corrected chi connectivity index (χ3v) is 3.80. The van der Waals surface area contributed by atoms with E-state index in [4.69, 9.17) is 14.2 Å². The van der Waals surface area contributed by atoms with E-state index in [2.05, 4.69) is 9.97 Å². The Balaban J connectivity index is 1.88. The Kier molecular flexibility index (Phi) is 4.70. The molecule has 0 saturated carbocycles. The molecular formula is C19H20N2O3. The quantitative estimate of drug-likeness (QED) is 0.751. The summed E-state index contributed by atoms with van der Waals surface area (Å²) in [7, 11) is 4.82. The summed E-state index contributed by atoms with van der Waals surface area (Å²) in [6.45, 7) is 0. The summed E-state index contributed by atoms with van der Waals surface area (Å²) in [6.07, 6.45) is 2.56. The van der Waals surface area contributed by atoms with Gasteiger partial charge in [-0.3, -0.25) is 0 Å². The normalized spacial score (nSPS) is 10.5. The van der Waals surface area contributed by atoms with E-state index in [1.54, 1.807) is 21.3 Å². The number of methoxy groups -OCH3 is 3. The highest BCUT2D eigenvalue weighted by atomic mass is 16.5. The molecule has 1 aromatic heterocycles. The maximum Gasteiger partial charge on any atom is 0.203 e. The van der Waals surface area contributed by atoms with Gasteiger partial charge in [-0.1, -0.05) is 30.3 Å². The predicted octanol–water partition coefficient (Wildman–Crippen LogP) is 3.69. The molecule has 5 nitrogen and oxygen atoms in total. The van der Waals surface area contributed by atoms with Gasteiger partial charge < -0.3 is 19.2 Å². The molecule has 0 aliphatic carbocycles. The molecule has 5 heteroatoms. The number of imidazole rings is 1. The van der Waals surface area contributed by atoms with E-state index in [-0.39, 0.29) is 0 Å². The van der Waals surface area contributed by atoms with Crippen LogP contribution in [0.3, 0.4) is 0 Å². The smallest absolute Gasteiger partial charge is 0.203 e. The van der Waals surface area contributed by atoms with Crippen molar-refractivity contribution in [2.75, 3.05) is 21.3 Å². The number of aromatic amines is 1. The molecule has 0 atom stereocenters. The van der Waals surface area contributed by atoms with Crippen molar-refractivity contribution < 1.29 is 14.2 Å². The van der Waals surface area contributed by atoms with Crippen molar-refractivity contribution in [2.45, 2.75) is 6.42 Å². The summed E-state index contributed by atoms with van der Waals surface area (Å²) in [6, 6.07) is 14.0. The van der Waals surface area contributed by atoms with Crippen molar-refractivity contribution in [3.8, 4) is 28.5 Å². The second kappa shape index (κ2) is 7.08. The molecule has 0 unspecified atom stereocenters. The molecule has 0 saturated heterocycles. The van der Waals surface area contributed by atoms with Gasteiger partial charge in [-0.2, -0.15) is 0 Å². The van der Waals surface area contributed by atoms with Crippen LogP contribution in [-0.2, 0) is 6.42 Å². The predicted molar refractivity (Wildman–Crippen MR) is 92.9 cm³/mol. The van der Waals surface area contributed by atoms with Crippen LogP contribution in [-0.4, -0.2) is 31.3 Å². The molecular weight excluding hydrogens is 304 g/mol. The van der Waals surface area contributed by atoms with Gasteiger partial charge in [0.1, 0.15) is 5.82 Å². The SMILES string of the molecule is COc1cc(Cc2nc(-c3ccccc3)c[nH]2)cc(OC)c1OC. The van der Waals surface area contributed by atoms with Crippen molar-refractivity contribution in [1.82, 2.24) is 9.97 Å². The van der Waals surface area contributed by atoms with Gasteiger partial charge in [-0.25, -0.2) is 4.98 Å². The maximum atomic E-state index is 5.40. The lowest BCUT2D eigenvalue weighted by Gasteiger charge is -2.13. The first kappa shape index (κ1) is 15.9. The first-order valence-corrected chi connectivity index (χ1v) is 7.63. The number of ether oxygens (including phenoxy) is 3. The van der Waals surface area contributed by atoms with Crippen molar-refractivity contribution in [2.24, 2.45) is 0 Å². The fourth-order valence-corrected chi connectivity index (χ4v) is 2.64. The summed E-state index contributed by atoms with van der Waals surface area (Å²) in [5, 5.41) is 0. The molecule has 0 fully saturated rings. The molecule has 2 aromatic carbocycles. The van der Waals surface area contributed by atoms with Gasteiger partial charge in [-0.05, 0) is 17.7 Å². The van der Waals surface area contributed by atoms with Crippen LogP contribution in [0.2, 0.25) is 0 Å². The lowest BCUT2D eigenvalue weighted by molar-refractivity contribution is 0.324. The van der Waals surface area contributed by atoms with Crippen molar-refractivity contribution >= 4 is 0 Å². The number of hydrogen-bond acceptors (Lipinski definition) is 4. The number of H-pyrrole nitrogens is 1. The van der Waals surface area contributed by atoms with Gasteiger partial charge in [0, 0.05) is 18.2 Å². The summed E-state index contributed by atoms with van der Waals surface area (Å²) < 4.78 is 16.1. The van der Waals surface area contributed by atoms with Crippen molar-refractivity contribution in [1.29, 1.82) is 0 Å². The zero-order chi connectivity index (χ0) is 16.9. The zero-order valence-corrected chi connectivity index (χ0v) is 14.0. The van der Waals surface area contributed by atoms with E-state index in [1.807, 2.05) is 48.7 Å². The average molecular weight is 324 g/mol. The molecule has 0 amide bonds. The third kappa shape index (κ3) is 3.20. The number of nitrogens with one attached hydrogen (secondary N) is 1. The summed E-state index contributed by atoms with van der Waals surface area (Å²) in [5.74, 6) is 2.75. The summed E-state index contributed by atoms with van der Waals surface area (Å²) in [5.41, 5.74) is 3.04. The van der Waals surface area contributed by atoms with E-state index < -0.39 is 0 Å². The van der Waals surface area contributed by atoms with Crippen LogP contribution in [0.15, 0.2) is 48.7 Å². The van der Waals surface area contributed by atoms with Crippen molar-refractivity contribution in [3.63, 3.8) is 0 Å². The lowest BCUT2D eigenvalue weighted by Crippen LogP contribution is -1.98. The molecule has 1 N–H and O–H groups in total. The minimum atomic E-state index is 0.591. The molecule has 0 aliphatic heterocycles. The van der Waals surface area contributed by atoms with Crippen LogP contribution in [0, 0.1) is 0 Å². The fourth-order valence-electron chi connectivity index (χ4n) is 2.64. The topological polar surface area (TPSA) is 56.4 Å². The van der Waals surface area contributed by atoms with E-state index in [1.165, 1.54) is 0 Å². The summed E-state index contributed by atoms with van der Waals surface area (Å²) >= 11 is 0. The minimum absolute atomic E-state index is 0.591. The van der Waals surface area contributed by atoms with E-state index in [0.29, 0.717) is 23.7 Å². The monoisotopic (exact) mass is 324 g/mol. The van der Waals surface area contributed by atoms with E-state index >= 15 is 0 Å². The van der Waals surface area contributed by atoms with Gasteiger partial charge in [0.15, 0.2) is 11.5 Å². The van der Waals surface area contributed by atoms with Gasteiger partial charge in [0.05, 0.1) is 27.0 Å². The van der Waals surface area contributed by atoms with E-state index in [0.717, 1.165) is 22.6 Å². The minimum Gasteiger partial charge on any atom is -0.493 e. The van der Waals surface area contributed by atoms with Crippen LogP contribution < -0.4 is 14.2 Å². The lowest BCUT2D eigenvalue weighted by atomic mass is 10.1. The number of hydrogen-bond donors (Lipinski definition) is 1. The largest absolute Gasteiger partial charge is 0.493 e. The molecule has 3 rings (SSSR count). The Hall–Kier alpha value is -2.95. The maximum absolute atomic E-state index is 5.40. The van der Waals surface area contributed by atoms with E-state index in [9.17, 15) is 0 Å². The Bertz CT molecular complexity index is 787. The Labute approximate surface area is 141 Å². The molecule has 0 bridgehead atoms. The molecule has 0 aliphatic rings. The first-order chi connectivity index (χ1) is 11.7. The Morgan fingerprint density at radius 2 is 1.58 bits per heavy atom. The number of benzene rings is 2. The number of rotatable bonds is 6. The standard InChI is InChI=1S/C19H20N2O3/c1-22-16-9-13(10-17(23-2)19(16)24-3)11-18-20-12-15(21-18)14-7-5-4-6-8-14/h4-10,12H,11H2,1-3H3,(H,20,21). The van der Waals surface area contributed by atoms with Crippen LogP contribution >= 0.6 is 0 Å². The Morgan fingerprint density at radius 3 is 2.17 bits per heavy atom. The molecule has 24 heavy (non-hydrogen) atoms. The van der Waals surface area contributed by atoms with Crippen molar-refractivity contribution in [3.05, 3.63) is 60.0 Å². The van der Waals surface area contributed by atoms with Gasteiger partial charge in [0.2, 0.25) is 5.75 Å². The average Bonchev–Trinajstić information content (AvgIpc) is 3.10. The molecule has 0 radical (unpaired) electrons. The van der Waals surface area contributed by atoms with Crippen LogP contribution in [0.5, 0.6) is 17.2 Å². The third-order valence-electron chi connectivity index (χ3n) is 3.80. The molecule has 1 heterocycles. The molecule has 3 aromatic rings. The fraction of sp³-hybridized carbons (Fsp3) is 0.211.